The normalized spacial score (nSPS) is 19.2. The van der Waals surface area contributed by atoms with Gasteiger partial charge in [0, 0.05) is 12.1 Å². The lowest BCUT2D eigenvalue weighted by Crippen LogP contribution is -2.34. The van der Waals surface area contributed by atoms with Gasteiger partial charge in [0.2, 0.25) is 0 Å². The molecule has 1 heterocycles. The molecule has 1 aliphatic heterocycles. The monoisotopic (exact) mass is 278 g/mol. The van der Waals surface area contributed by atoms with Crippen molar-refractivity contribution in [3.8, 4) is 5.75 Å². The highest BCUT2D eigenvalue weighted by molar-refractivity contribution is 5.77. The highest BCUT2D eigenvalue weighted by atomic mass is 19.3. The molecule has 1 atom stereocenters. The summed E-state index contributed by atoms with van der Waals surface area (Å²) in [4.78, 5) is 11.0. The molecule has 4 nitrogen and oxygen atoms in total. The molecule has 1 fully saturated rings. The van der Waals surface area contributed by atoms with Crippen molar-refractivity contribution in [3.63, 3.8) is 0 Å². The second-order valence-electron chi connectivity index (χ2n) is 3.91. The number of carbonyl (C=O) groups excluding carboxylic acids is 1. The Morgan fingerprint density at radius 3 is 2.58 bits per heavy atom. The van der Waals surface area contributed by atoms with Crippen molar-refractivity contribution in [3.05, 3.63) is 29.8 Å². The molecule has 19 heavy (non-hydrogen) atoms. The molecule has 2 amide bonds. The maximum atomic E-state index is 12.9. The number of ether oxygens (including phenoxy) is 1. The molecule has 104 valence electrons. The van der Waals surface area contributed by atoms with Gasteiger partial charge in [-0.05, 0) is 6.07 Å². The zero-order valence-electron chi connectivity index (χ0n) is 9.50. The number of nitrogens with one attached hydrogen (secondary N) is 2. The van der Waals surface area contributed by atoms with Gasteiger partial charge in [0.15, 0.2) is 0 Å². The molecule has 2 N–H and O–H groups in total. The number of carbonyl (C=O) groups is 1. The van der Waals surface area contributed by atoms with Crippen molar-refractivity contribution in [2.24, 2.45) is 0 Å². The fraction of sp³-hybridized carbons (Fsp3) is 0.364. The quantitative estimate of drug-likeness (QED) is 0.830. The summed E-state index contributed by atoms with van der Waals surface area (Å²) in [7, 11) is 0. The van der Waals surface area contributed by atoms with Crippen LogP contribution in [-0.4, -0.2) is 25.1 Å². The van der Waals surface area contributed by atoms with Crippen LogP contribution in [0.2, 0.25) is 0 Å². The van der Waals surface area contributed by atoms with E-state index in [9.17, 15) is 22.4 Å². The third-order valence-electron chi connectivity index (χ3n) is 2.57. The number of urea groups is 1. The van der Waals surface area contributed by atoms with Crippen molar-refractivity contribution < 1.29 is 27.1 Å². The van der Waals surface area contributed by atoms with E-state index < -0.39 is 24.6 Å². The Labute approximate surface area is 105 Å². The molecule has 0 aliphatic carbocycles. The van der Waals surface area contributed by atoms with Crippen molar-refractivity contribution in [2.75, 3.05) is 6.54 Å². The van der Waals surface area contributed by atoms with Gasteiger partial charge in [-0.3, -0.25) is 0 Å². The van der Waals surface area contributed by atoms with Gasteiger partial charge in [-0.25, -0.2) is 4.79 Å². The Morgan fingerprint density at radius 2 is 2.00 bits per heavy atom. The fourth-order valence-corrected chi connectivity index (χ4v) is 1.70. The molecule has 1 aromatic carbocycles. The maximum Gasteiger partial charge on any atom is 0.461 e. The highest BCUT2D eigenvalue weighted by Gasteiger charge is 2.44. The zero-order chi connectivity index (χ0) is 14.0. The topological polar surface area (TPSA) is 50.4 Å². The van der Waals surface area contributed by atoms with Gasteiger partial charge in [0.05, 0.1) is 6.04 Å². The summed E-state index contributed by atoms with van der Waals surface area (Å²) in [5.41, 5.74) is 0.209. The van der Waals surface area contributed by atoms with E-state index in [2.05, 4.69) is 15.4 Å². The SMILES string of the molecule is O=C1NC[C@@H](c2ccccc2OC(F)(F)C(F)F)N1. The minimum Gasteiger partial charge on any atom is -0.428 e. The Bertz CT molecular complexity index is 482. The van der Waals surface area contributed by atoms with Crippen molar-refractivity contribution >= 4 is 6.03 Å². The van der Waals surface area contributed by atoms with Crippen LogP contribution in [0.15, 0.2) is 24.3 Å². The molecular weight excluding hydrogens is 268 g/mol. The molecule has 8 heteroatoms. The highest BCUT2D eigenvalue weighted by Crippen LogP contribution is 2.33. The molecule has 1 aliphatic rings. The van der Waals surface area contributed by atoms with E-state index in [-0.39, 0.29) is 17.9 Å². The van der Waals surface area contributed by atoms with Crippen LogP contribution in [0.25, 0.3) is 0 Å². The number of rotatable bonds is 4. The zero-order valence-corrected chi connectivity index (χ0v) is 9.50. The molecule has 0 unspecified atom stereocenters. The molecule has 0 radical (unpaired) electrons. The molecule has 2 rings (SSSR count). The first kappa shape index (κ1) is 13.4. The molecule has 0 saturated carbocycles. The number of halogens is 4. The minimum atomic E-state index is -4.58. The minimum absolute atomic E-state index is 0.166. The Kier molecular flexibility index (Phi) is 3.50. The first-order valence-electron chi connectivity index (χ1n) is 5.38. The van der Waals surface area contributed by atoms with E-state index in [1.807, 2.05) is 0 Å². The van der Waals surface area contributed by atoms with Crippen LogP contribution >= 0.6 is 0 Å². The summed E-state index contributed by atoms with van der Waals surface area (Å²) in [5.74, 6) is -0.387. The van der Waals surface area contributed by atoms with E-state index in [4.69, 9.17) is 0 Å². The van der Waals surface area contributed by atoms with Gasteiger partial charge in [-0.2, -0.15) is 17.6 Å². The number of amides is 2. The van der Waals surface area contributed by atoms with Crippen LogP contribution in [0.5, 0.6) is 5.75 Å². The van der Waals surface area contributed by atoms with E-state index in [1.165, 1.54) is 18.2 Å². The first-order valence-corrected chi connectivity index (χ1v) is 5.38. The van der Waals surface area contributed by atoms with Gasteiger partial charge in [-0.15, -0.1) is 0 Å². The molecule has 0 spiro atoms. The number of hydrogen-bond acceptors (Lipinski definition) is 2. The predicted octanol–water partition coefficient (Wildman–Crippen LogP) is 2.28. The third-order valence-corrected chi connectivity index (χ3v) is 2.57. The van der Waals surface area contributed by atoms with Gasteiger partial charge in [0.1, 0.15) is 5.75 Å². The number of alkyl halides is 4. The van der Waals surface area contributed by atoms with Crippen molar-refractivity contribution in [1.82, 2.24) is 10.6 Å². The first-order chi connectivity index (χ1) is 8.90. The number of benzene rings is 1. The van der Waals surface area contributed by atoms with Gasteiger partial charge < -0.3 is 15.4 Å². The average molecular weight is 278 g/mol. The summed E-state index contributed by atoms with van der Waals surface area (Å²) in [6.07, 6.45) is -8.51. The van der Waals surface area contributed by atoms with Crippen LogP contribution in [0, 0.1) is 0 Å². The fourth-order valence-electron chi connectivity index (χ4n) is 1.70. The largest absolute Gasteiger partial charge is 0.461 e. The average Bonchev–Trinajstić information content (AvgIpc) is 2.76. The molecule has 1 aromatic rings. The summed E-state index contributed by atoms with van der Waals surface area (Å²) >= 11 is 0. The Hall–Kier alpha value is -1.99. The smallest absolute Gasteiger partial charge is 0.428 e. The van der Waals surface area contributed by atoms with E-state index in [1.54, 1.807) is 0 Å². The number of para-hydroxylation sites is 1. The lowest BCUT2D eigenvalue weighted by Gasteiger charge is -2.20. The van der Waals surface area contributed by atoms with Crippen LogP contribution in [0.4, 0.5) is 22.4 Å². The van der Waals surface area contributed by atoms with Crippen LogP contribution < -0.4 is 15.4 Å². The Morgan fingerprint density at radius 1 is 1.32 bits per heavy atom. The second kappa shape index (κ2) is 4.94. The lowest BCUT2D eigenvalue weighted by molar-refractivity contribution is -0.253. The van der Waals surface area contributed by atoms with Gasteiger partial charge in [0.25, 0.3) is 0 Å². The van der Waals surface area contributed by atoms with Gasteiger partial charge in [-0.1, -0.05) is 18.2 Å². The van der Waals surface area contributed by atoms with Crippen molar-refractivity contribution in [2.45, 2.75) is 18.6 Å². The molecule has 1 saturated heterocycles. The Balaban J connectivity index is 2.24. The summed E-state index contributed by atoms with van der Waals surface area (Å²) in [5, 5.41) is 4.90. The summed E-state index contributed by atoms with van der Waals surface area (Å²) in [6.45, 7) is 0.166. The maximum absolute atomic E-state index is 12.9. The second-order valence-corrected chi connectivity index (χ2v) is 3.91. The van der Waals surface area contributed by atoms with Crippen LogP contribution in [0.1, 0.15) is 11.6 Å². The summed E-state index contributed by atoms with van der Waals surface area (Å²) < 4.78 is 54.1. The van der Waals surface area contributed by atoms with Crippen LogP contribution in [0.3, 0.4) is 0 Å². The molecule has 0 aromatic heterocycles. The van der Waals surface area contributed by atoms with E-state index in [0.717, 1.165) is 6.07 Å². The van der Waals surface area contributed by atoms with Gasteiger partial charge >= 0.3 is 18.6 Å². The van der Waals surface area contributed by atoms with E-state index in [0.29, 0.717) is 0 Å². The lowest BCUT2D eigenvalue weighted by atomic mass is 10.1. The van der Waals surface area contributed by atoms with Crippen LogP contribution in [-0.2, 0) is 0 Å². The number of hydrogen-bond donors (Lipinski definition) is 2. The molecule has 0 bridgehead atoms. The third kappa shape index (κ3) is 2.88. The van der Waals surface area contributed by atoms with E-state index >= 15 is 0 Å². The van der Waals surface area contributed by atoms with Crippen molar-refractivity contribution in [1.29, 1.82) is 0 Å². The standard InChI is InChI=1S/C11H10F4N2O2/c12-9(13)11(14,15)19-8-4-2-1-3-6(8)7-5-16-10(18)17-7/h1-4,7,9H,5H2,(H2,16,17,18)/t7-/m0/s1. The molecular formula is C11H10F4N2O2. The summed E-state index contributed by atoms with van der Waals surface area (Å²) in [6, 6.07) is 4.43. The predicted molar refractivity (Wildman–Crippen MR) is 57.3 cm³/mol.